The zero-order valence-corrected chi connectivity index (χ0v) is 17.6. The van der Waals surface area contributed by atoms with Crippen LogP contribution in [0.4, 0.5) is 0 Å². The molecular formula is C25H31NOS. The minimum Gasteiger partial charge on any atom is -0.493 e. The topological polar surface area (TPSA) is 33.0 Å². The predicted molar refractivity (Wildman–Crippen MR) is 122 cm³/mol. The monoisotopic (exact) mass is 393 g/mol. The lowest BCUT2D eigenvalue weighted by molar-refractivity contribution is 0.344. The van der Waals surface area contributed by atoms with Gasteiger partial charge >= 0.3 is 0 Å². The maximum atomic E-state index is 8.88. The lowest BCUT2D eigenvalue weighted by Crippen LogP contribution is -2.00. The molecule has 0 bridgehead atoms. The van der Waals surface area contributed by atoms with Gasteiger partial charge in [0.2, 0.25) is 0 Å². The number of benzene rings is 2. The number of thioether (sulfide) groups is 1. The average molecular weight is 394 g/mol. The van der Waals surface area contributed by atoms with Crippen LogP contribution in [0.3, 0.4) is 0 Å². The van der Waals surface area contributed by atoms with Crippen LogP contribution in [0.5, 0.6) is 5.75 Å². The molecule has 0 aromatic heterocycles. The van der Waals surface area contributed by atoms with Crippen molar-refractivity contribution < 1.29 is 4.74 Å². The number of rotatable bonds is 14. The Morgan fingerprint density at radius 3 is 2.07 bits per heavy atom. The Hall–Kier alpha value is -2.18. The van der Waals surface area contributed by atoms with Crippen molar-refractivity contribution in [3.63, 3.8) is 0 Å². The third kappa shape index (κ3) is 8.67. The molecule has 0 atom stereocenters. The lowest BCUT2D eigenvalue weighted by Gasteiger charge is -2.08. The lowest BCUT2D eigenvalue weighted by atomic mass is 10.0. The molecule has 2 aromatic carbocycles. The number of unbranched alkanes of at least 4 members (excludes halogenated alkanes) is 6. The fourth-order valence-electron chi connectivity index (χ4n) is 3.00. The zero-order chi connectivity index (χ0) is 19.9. The Morgan fingerprint density at radius 1 is 0.821 bits per heavy atom. The van der Waals surface area contributed by atoms with Gasteiger partial charge in [-0.2, -0.15) is 17.0 Å². The van der Waals surface area contributed by atoms with Crippen LogP contribution in [0.25, 0.3) is 11.1 Å². The van der Waals surface area contributed by atoms with Gasteiger partial charge in [0.05, 0.1) is 18.2 Å². The van der Waals surface area contributed by atoms with E-state index >= 15 is 0 Å². The summed E-state index contributed by atoms with van der Waals surface area (Å²) < 4.78 is 5.84. The van der Waals surface area contributed by atoms with E-state index in [2.05, 4.69) is 24.8 Å². The van der Waals surface area contributed by atoms with E-state index in [1.807, 2.05) is 54.2 Å². The van der Waals surface area contributed by atoms with Gasteiger partial charge in [-0.25, -0.2) is 0 Å². The molecule has 0 saturated heterocycles. The molecule has 0 heterocycles. The normalized spacial score (nSPS) is 10.4. The van der Waals surface area contributed by atoms with Crippen molar-refractivity contribution in [3.05, 3.63) is 66.7 Å². The van der Waals surface area contributed by atoms with E-state index in [1.165, 1.54) is 44.3 Å². The molecule has 0 aliphatic carbocycles. The maximum absolute atomic E-state index is 8.88. The third-order valence-corrected chi connectivity index (χ3v) is 5.68. The van der Waals surface area contributed by atoms with Crippen molar-refractivity contribution in [2.75, 3.05) is 18.1 Å². The number of ether oxygens (including phenoxy) is 1. The second-order valence-electron chi connectivity index (χ2n) is 6.87. The van der Waals surface area contributed by atoms with Crippen molar-refractivity contribution in [3.8, 4) is 22.9 Å². The first-order valence-corrected chi connectivity index (χ1v) is 11.4. The highest BCUT2D eigenvalue weighted by atomic mass is 32.2. The summed E-state index contributed by atoms with van der Waals surface area (Å²) in [6.07, 6.45) is 11.2. The molecule has 2 rings (SSSR count). The molecule has 0 fully saturated rings. The van der Waals surface area contributed by atoms with Gasteiger partial charge in [-0.1, -0.05) is 56.0 Å². The van der Waals surface area contributed by atoms with Gasteiger partial charge in [0.15, 0.2) is 0 Å². The quantitative estimate of drug-likeness (QED) is 0.250. The highest BCUT2D eigenvalue weighted by molar-refractivity contribution is 7.99. The van der Waals surface area contributed by atoms with Crippen LogP contribution in [0.2, 0.25) is 0 Å². The van der Waals surface area contributed by atoms with Crippen LogP contribution in [0.1, 0.15) is 50.5 Å². The number of nitrogens with zero attached hydrogens (tertiary/aromatic N) is 1. The molecule has 0 aliphatic heterocycles. The summed E-state index contributed by atoms with van der Waals surface area (Å²) in [6, 6.07) is 18.0. The summed E-state index contributed by atoms with van der Waals surface area (Å²) in [5.74, 6) is 3.18. The van der Waals surface area contributed by atoms with Crippen LogP contribution in [-0.4, -0.2) is 18.1 Å². The Kier molecular flexibility index (Phi) is 11.0. The van der Waals surface area contributed by atoms with E-state index in [0.717, 1.165) is 35.7 Å². The van der Waals surface area contributed by atoms with Gasteiger partial charge in [-0.3, -0.25) is 0 Å². The first kappa shape index (κ1) is 22.1. The summed E-state index contributed by atoms with van der Waals surface area (Å²) in [5.41, 5.74) is 2.93. The molecule has 0 aliphatic rings. The van der Waals surface area contributed by atoms with Gasteiger partial charge in [0.1, 0.15) is 5.75 Å². The minimum absolute atomic E-state index is 0.685. The largest absolute Gasteiger partial charge is 0.493 e. The van der Waals surface area contributed by atoms with Crippen LogP contribution < -0.4 is 4.74 Å². The molecule has 0 unspecified atom stereocenters. The molecule has 0 amide bonds. The van der Waals surface area contributed by atoms with Gasteiger partial charge in [-0.15, -0.1) is 6.58 Å². The summed E-state index contributed by atoms with van der Waals surface area (Å²) in [5, 5.41) is 8.88. The SMILES string of the molecule is C=CCCCCCCCCSCCOc1ccc(-c2ccc(C#N)cc2)cc1. The molecule has 148 valence electrons. The van der Waals surface area contributed by atoms with Crippen molar-refractivity contribution in [1.82, 2.24) is 0 Å². The molecular weight excluding hydrogens is 362 g/mol. The summed E-state index contributed by atoms with van der Waals surface area (Å²) in [4.78, 5) is 0. The fourth-order valence-corrected chi connectivity index (χ4v) is 3.81. The van der Waals surface area contributed by atoms with E-state index in [0.29, 0.717) is 5.56 Å². The summed E-state index contributed by atoms with van der Waals surface area (Å²) >= 11 is 1.98. The van der Waals surface area contributed by atoms with E-state index < -0.39 is 0 Å². The van der Waals surface area contributed by atoms with E-state index in [-0.39, 0.29) is 0 Å². The Balaban J connectivity index is 1.54. The molecule has 0 N–H and O–H groups in total. The Morgan fingerprint density at radius 2 is 1.43 bits per heavy atom. The number of nitriles is 1. The standard InChI is InChI=1S/C25H31NOS/c1-2-3-4-5-6-7-8-9-19-28-20-18-27-25-16-14-24(15-17-25)23-12-10-22(21-26)11-13-23/h2,10-17H,1,3-9,18-20H2. The molecule has 2 aromatic rings. The third-order valence-electron chi connectivity index (χ3n) is 4.64. The summed E-state index contributed by atoms with van der Waals surface area (Å²) in [7, 11) is 0. The van der Waals surface area contributed by atoms with Crippen molar-refractivity contribution in [1.29, 1.82) is 5.26 Å². The fraction of sp³-hybridized carbons (Fsp3) is 0.400. The van der Waals surface area contributed by atoms with Gasteiger partial charge in [0, 0.05) is 5.75 Å². The zero-order valence-electron chi connectivity index (χ0n) is 16.7. The number of hydrogen-bond acceptors (Lipinski definition) is 3. The van der Waals surface area contributed by atoms with E-state index in [9.17, 15) is 0 Å². The Bertz CT molecular complexity index is 716. The average Bonchev–Trinajstić information content (AvgIpc) is 2.75. The number of hydrogen-bond donors (Lipinski definition) is 0. The van der Waals surface area contributed by atoms with E-state index in [1.54, 1.807) is 0 Å². The van der Waals surface area contributed by atoms with Crippen molar-refractivity contribution >= 4 is 11.8 Å². The minimum atomic E-state index is 0.685. The van der Waals surface area contributed by atoms with Crippen molar-refractivity contribution in [2.45, 2.75) is 44.9 Å². The first-order valence-electron chi connectivity index (χ1n) is 10.3. The van der Waals surface area contributed by atoms with Crippen LogP contribution >= 0.6 is 11.8 Å². The smallest absolute Gasteiger partial charge is 0.119 e. The Labute approximate surface area is 174 Å². The highest BCUT2D eigenvalue weighted by Crippen LogP contribution is 2.23. The van der Waals surface area contributed by atoms with Crippen LogP contribution in [-0.2, 0) is 0 Å². The number of allylic oxidation sites excluding steroid dienone is 1. The first-order chi connectivity index (χ1) is 13.8. The molecule has 28 heavy (non-hydrogen) atoms. The maximum Gasteiger partial charge on any atom is 0.119 e. The second kappa shape index (κ2) is 13.9. The molecule has 0 radical (unpaired) electrons. The molecule has 0 spiro atoms. The second-order valence-corrected chi connectivity index (χ2v) is 8.10. The van der Waals surface area contributed by atoms with Gasteiger partial charge in [0.25, 0.3) is 0 Å². The van der Waals surface area contributed by atoms with E-state index in [4.69, 9.17) is 10.00 Å². The predicted octanol–water partition coefficient (Wildman–Crippen LogP) is 7.25. The molecule has 0 saturated carbocycles. The molecule has 3 heteroatoms. The van der Waals surface area contributed by atoms with Gasteiger partial charge in [-0.05, 0) is 60.4 Å². The van der Waals surface area contributed by atoms with Gasteiger partial charge < -0.3 is 4.74 Å². The van der Waals surface area contributed by atoms with Crippen LogP contribution in [0, 0.1) is 11.3 Å². The highest BCUT2D eigenvalue weighted by Gasteiger charge is 2.00. The summed E-state index contributed by atoms with van der Waals surface area (Å²) in [6.45, 7) is 4.51. The van der Waals surface area contributed by atoms with Crippen LogP contribution in [0.15, 0.2) is 61.2 Å². The van der Waals surface area contributed by atoms with Crippen molar-refractivity contribution in [2.24, 2.45) is 0 Å². The molecule has 2 nitrogen and oxygen atoms in total.